The van der Waals surface area contributed by atoms with Crippen molar-refractivity contribution in [3.8, 4) is 17.0 Å². The first-order valence-corrected chi connectivity index (χ1v) is 14.3. The van der Waals surface area contributed by atoms with Gasteiger partial charge in [0.25, 0.3) is 5.91 Å². The Morgan fingerprint density at radius 2 is 2.00 bits per heavy atom. The number of rotatable bonds is 9. The van der Waals surface area contributed by atoms with Crippen molar-refractivity contribution in [2.24, 2.45) is 0 Å². The Hall–Kier alpha value is -4.79. The van der Waals surface area contributed by atoms with Crippen LogP contribution in [-0.4, -0.2) is 69.1 Å². The molecule has 5 heterocycles. The van der Waals surface area contributed by atoms with Crippen LogP contribution < -0.4 is 10.1 Å². The largest absolute Gasteiger partial charge is 0.434 e. The van der Waals surface area contributed by atoms with Crippen molar-refractivity contribution in [2.75, 3.05) is 11.9 Å². The molecule has 12 nitrogen and oxygen atoms in total. The highest BCUT2D eigenvalue weighted by Crippen LogP contribution is 2.39. The van der Waals surface area contributed by atoms with Gasteiger partial charge < -0.3 is 19.5 Å². The van der Waals surface area contributed by atoms with Gasteiger partial charge in [0.2, 0.25) is 5.91 Å². The standard InChI is InChI=1S/C28H27F2N9O3S/c1-17(2)43-18-4-5-22(42-28(29)30)19(12-18)25-21(34-27(41)20-13-33-39-8-3-6-32-26(20)39)14-38(35-25)16-24(40)37-11-10-36-9-7-31-23(36)15-37/h3-9,12-14,17,28H,10-11,15-16H2,1-2H3,(H,34,41). The Balaban J connectivity index is 1.36. The van der Waals surface area contributed by atoms with Crippen LogP contribution in [0.4, 0.5) is 14.5 Å². The van der Waals surface area contributed by atoms with Gasteiger partial charge in [-0.15, -0.1) is 11.8 Å². The van der Waals surface area contributed by atoms with Gasteiger partial charge in [0.05, 0.1) is 18.4 Å². The average molecular weight is 608 g/mol. The molecular formula is C28H27F2N9O3S. The molecule has 1 aliphatic heterocycles. The lowest BCUT2D eigenvalue weighted by molar-refractivity contribution is -0.133. The molecule has 6 rings (SSSR count). The Kier molecular flexibility index (Phi) is 7.80. The van der Waals surface area contributed by atoms with E-state index in [1.807, 2.05) is 24.6 Å². The van der Waals surface area contributed by atoms with Crippen molar-refractivity contribution in [3.63, 3.8) is 0 Å². The maximum atomic E-state index is 13.4. The normalized spacial score (nSPS) is 13.1. The van der Waals surface area contributed by atoms with E-state index in [0.717, 1.165) is 10.7 Å². The van der Waals surface area contributed by atoms with E-state index < -0.39 is 12.5 Å². The third kappa shape index (κ3) is 6.07. The molecular weight excluding hydrogens is 580 g/mol. The first-order chi connectivity index (χ1) is 20.7. The number of hydrogen-bond acceptors (Lipinski definition) is 8. The van der Waals surface area contributed by atoms with Crippen LogP contribution in [0.2, 0.25) is 0 Å². The first kappa shape index (κ1) is 28.3. The van der Waals surface area contributed by atoms with Gasteiger partial charge in [0.15, 0.2) is 5.65 Å². The number of fused-ring (bicyclic) bond motifs is 2. The van der Waals surface area contributed by atoms with Crippen LogP contribution in [0.3, 0.4) is 0 Å². The summed E-state index contributed by atoms with van der Waals surface area (Å²) >= 11 is 1.53. The number of carbonyl (C=O) groups excluding carboxylic acids is 2. The molecule has 5 aromatic rings. The minimum absolute atomic E-state index is 0.115. The fourth-order valence-electron chi connectivity index (χ4n) is 4.83. The molecule has 0 spiro atoms. The minimum atomic E-state index is -3.08. The number of alkyl halides is 2. The number of nitrogens with zero attached hydrogens (tertiary/aromatic N) is 8. The number of benzene rings is 1. The lowest BCUT2D eigenvalue weighted by Crippen LogP contribution is -2.40. The smallest absolute Gasteiger partial charge is 0.387 e. The van der Waals surface area contributed by atoms with Crippen LogP contribution >= 0.6 is 11.8 Å². The zero-order chi connectivity index (χ0) is 30.1. The van der Waals surface area contributed by atoms with Crippen LogP contribution in [-0.2, 0) is 24.4 Å². The molecule has 0 saturated heterocycles. The predicted molar refractivity (Wildman–Crippen MR) is 154 cm³/mol. The summed E-state index contributed by atoms with van der Waals surface area (Å²) in [5.41, 5.74) is 1.15. The molecule has 2 amide bonds. The SMILES string of the molecule is CC(C)Sc1ccc(OC(F)F)c(-c2nn(CC(=O)N3CCn4ccnc4C3)cc2NC(=O)c2cnn3cccnc23)c1. The molecule has 0 aliphatic carbocycles. The second-order valence-electron chi connectivity index (χ2n) is 10.0. The molecule has 4 aromatic heterocycles. The highest BCUT2D eigenvalue weighted by molar-refractivity contribution is 7.99. The number of nitrogens with one attached hydrogen (secondary N) is 1. The number of aromatic nitrogens is 7. The van der Waals surface area contributed by atoms with Crippen molar-refractivity contribution in [1.82, 2.24) is 38.8 Å². The summed E-state index contributed by atoms with van der Waals surface area (Å²) in [4.78, 5) is 37.7. The molecule has 43 heavy (non-hydrogen) atoms. The summed E-state index contributed by atoms with van der Waals surface area (Å²) in [5, 5.41) is 11.8. The number of anilines is 1. The van der Waals surface area contributed by atoms with Crippen LogP contribution in [0.15, 0.2) is 66.3 Å². The summed E-state index contributed by atoms with van der Waals surface area (Å²) in [6, 6.07) is 6.51. The number of hydrogen-bond donors (Lipinski definition) is 1. The zero-order valence-corrected chi connectivity index (χ0v) is 24.0. The Labute approximate surface area is 248 Å². The van der Waals surface area contributed by atoms with Gasteiger partial charge in [0, 0.05) is 59.8 Å². The van der Waals surface area contributed by atoms with Crippen LogP contribution in [0.25, 0.3) is 16.9 Å². The molecule has 1 aromatic carbocycles. The molecule has 222 valence electrons. The molecule has 15 heteroatoms. The van der Waals surface area contributed by atoms with Crippen molar-refractivity contribution in [3.05, 3.63) is 72.8 Å². The maximum absolute atomic E-state index is 13.4. The van der Waals surface area contributed by atoms with Gasteiger partial charge in [-0.3, -0.25) is 14.3 Å². The van der Waals surface area contributed by atoms with Crippen molar-refractivity contribution in [1.29, 1.82) is 0 Å². The highest BCUT2D eigenvalue weighted by atomic mass is 32.2. The van der Waals surface area contributed by atoms with E-state index in [1.54, 1.807) is 41.7 Å². The number of imidazole rings is 1. The van der Waals surface area contributed by atoms with Crippen molar-refractivity contribution in [2.45, 2.75) is 50.2 Å². The maximum Gasteiger partial charge on any atom is 0.387 e. The number of amides is 2. The van der Waals surface area contributed by atoms with E-state index >= 15 is 0 Å². The number of halogens is 2. The highest BCUT2D eigenvalue weighted by Gasteiger charge is 2.25. The van der Waals surface area contributed by atoms with Gasteiger partial charge in [-0.1, -0.05) is 13.8 Å². The molecule has 0 atom stereocenters. The molecule has 0 saturated carbocycles. The van der Waals surface area contributed by atoms with Gasteiger partial charge in [0.1, 0.15) is 29.4 Å². The third-order valence-corrected chi connectivity index (χ3v) is 7.72. The van der Waals surface area contributed by atoms with E-state index in [-0.39, 0.29) is 46.0 Å². The molecule has 0 radical (unpaired) electrons. The van der Waals surface area contributed by atoms with Crippen molar-refractivity contribution < 1.29 is 23.1 Å². The summed E-state index contributed by atoms with van der Waals surface area (Å²) in [5.74, 6) is -0.0754. The number of thioether (sulfide) groups is 1. The average Bonchev–Trinajstić information content (AvgIpc) is 3.71. The fraction of sp³-hybridized carbons (Fsp3) is 0.286. The first-order valence-electron chi connectivity index (χ1n) is 13.5. The van der Waals surface area contributed by atoms with Crippen LogP contribution in [0, 0.1) is 0 Å². The molecule has 0 fully saturated rings. The Morgan fingerprint density at radius 3 is 2.81 bits per heavy atom. The van der Waals surface area contributed by atoms with E-state index in [9.17, 15) is 18.4 Å². The monoisotopic (exact) mass is 607 g/mol. The second-order valence-corrected chi connectivity index (χ2v) is 11.7. The Morgan fingerprint density at radius 1 is 1.14 bits per heavy atom. The molecule has 1 aliphatic rings. The van der Waals surface area contributed by atoms with Gasteiger partial charge >= 0.3 is 6.61 Å². The predicted octanol–water partition coefficient (Wildman–Crippen LogP) is 4.19. The van der Waals surface area contributed by atoms with Gasteiger partial charge in [-0.2, -0.15) is 19.0 Å². The summed E-state index contributed by atoms with van der Waals surface area (Å²) in [7, 11) is 0. The van der Waals surface area contributed by atoms with Gasteiger partial charge in [-0.05, 0) is 24.3 Å². The lowest BCUT2D eigenvalue weighted by Gasteiger charge is -2.27. The topological polar surface area (TPSA) is 124 Å². The fourth-order valence-corrected chi connectivity index (χ4v) is 5.71. The Bertz CT molecular complexity index is 1800. The molecule has 1 N–H and O–H groups in total. The summed E-state index contributed by atoms with van der Waals surface area (Å²) in [6.07, 6.45) is 9.66. The summed E-state index contributed by atoms with van der Waals surface area (Å²) in [6.45, 7) is 2.27. The number of ether oxygens (including phenoxy) is 1. The van der Waals surface area contributed by atoms with Crippen LogP contribution in [0.5, 0.6) is 5.75 Å². The zero-order valence-electron chi connectivity index (χ0n) is 23.2. The lowest BCUT2D eigenvalue weighted by atomic mass is 10.1. The molecule has 0 unspecified atom stereocenters. The van der Waals surface area contributed by atoms with E-state index in [2.05, 4.69) is 25.5 Å². The van der Waals surface area contributed by atoms with Crippen molar-refractivity contribution >= 4 is 34.9 Å². The van der Waals surface area contributed by atoms with Crippen LogP contribution in [0.1, 0.15) is 30.0 Å². The third-order valence-electron chi connectivity index (χ3n) is 6.72. The quantitative estimate of drug-likeness (QED) is 0.248. The molecule has 0 bridgehead atoms. The van der Waals surface area contributed by atoms with Gasteiger partial charge in [-0.25, -0.2) is 14.5 Å². The van der Waals surface area contributed by atoms with E-state index in [1.165, 1.54) is 39.4 Å². The van der Waals surface area contributed by atoms with E-state index in [4.69, 9.17) is 4.74 Å². The van der Waals surface area contributed by atoms with E-state index in [0.29, 0.717) is 25.3 Å². The second kappa shape index (κ2) is 11.8. The summed E-state index contributed by atoms with van der Waals surface area (Å²) < 4.78 is 36.6. The number of carbonyl (C=O) groups is 2. The minimum Gasteiger partial charge on any atom is -0.434 e.